The van der Waals surface area contributed by atoms with Gasteiger partial charge in [-0.3, -0.25) is 29.9 Å². The molecule has 3 rings (SSSR count). The Morgan fingerprint density at radius 3 is 2.72 bits per heavy atom. The number of amides is 4. The van der Waals surface area contributed by atoms with E-state index in [0.29, 0.717) is 5.76 Å². The van der Waals surface area contributed by atoms with Gasteiger partial charge in [0.25, 0.3) is 11.8 Å². The fraction of sp³-hybridized carbons (Fsp3) is 0.167. The lowest BCUT2D eigenvalue weighted by atomic mass is 10.1. The van der Waals surface area contributed by atoms with Crippen LogP contribution in [-0.2, 0) is 16.1 Å². The topological polar surface area (TPSA) is 152 Å². The number of imide groups is 2. The van der Waals surface area contributed by atoms with E-state index in [1.54, 1.807) is 19.1 Å². The maximum atomic E-state index is 12.7. The van der Waals surface area contributed by atoms with Gasteiger partial charge in [-0.25, -0.2) is 4.79 Å². The van der Waals surface area contributed by atoms with E-state index in [1.807, 2.05) is 5.32 Å². The van der Waals surface area contributed by atoms with Crippen LogP contribution in [0.1, 0.15) is 18.2 Å². The number of phenols is 1. The summed E-state index contributed by atoms with van der Waals surface area (Å²) in [5.74, 6) is -2.39. The number of nitrogens with zero attached hydrogens (tertiary/aromatic N) is 2. The van der Waals surface area contributed by atoms with Gasteiger partial charge in [0.15, 0.2) is 5.75 Å². The van der Waals surface area contributed by atoms with Crippen LogP contribution in [0, 0.1) is 10.1 Å². The molecule has 1 aliphatic heterocycles. The molecule has 0 atom stereocenters. The zero-order valence-corrected chi connectivity index (χ0v) is 15.1. The van der Waals surface area contributed by atoms with Crippen molar-refractivity contribution in [2.75, 3.05) is 6.61 Å². The molecule has 0 radical (unpaired) electrons. The Kier molecular flexibility index (Phi) is 5.30. The van der Waals surface area contributed by atoms with Gasteiger partial charge in [0, 0.05) is 6.07 Å². The molecule has 1 saturated heterocycles. The van der Waals surface area contributed by atoms with Crippen LogP contribution in [0.15, 0.2) is 40.5 Å². The quantitative estimate of drug-likeness (QED) is 0.322. The number of nitro groups is 1. The van der Waals surface area contributed by atoms with Crippen LogP contribution < -0.4 is 10.1 Å². The first kappa shape index (κ1) is 19.6. The summed E-state index contributed by atoms with van der Waals surface area (Å²) in [6.45, 7) is 1.53. The zero-order valence-electron chi connectivity index (χ0n) is 15.1. The number of hydrogen-bond acceptors (Lipinski definition) is 8. The van der Waals surface area contributed by atoms with Gasteiger partial charge >= 0.3 is 11.7 Å². The number of aromatic hydroxyl groups is 1. The summed E-state index contributed by atoms with van der Waals surface area (Å²) >= 11 is 0. The highest BCUT2D eigenvalue weighted by molar-refractivity contribution is 6.30. The first-order chi connectivity index (χ1) is 13.8. The number of phenolic OH excluding ortho intramolecular Hbond substituents is 1. The zero-order chi connectivity index (χ0) is 21.1. The van der Waals surface area contributed by atoms with Crippen molar-refractivity contribution in [3.8, 4) is 11.5 Å². The molecule has 11 nitrogen and oxygen atoms in total. The molecule has 4 amide bonds. The lowest BCUT2D eigenvalue weighted by molar-refractivity contribution is -0.386. The lowest BCUT2D eigenvalue weighted by Gasteiger charge is -2.25. The fourth-order valence-electron chi connectivity index (χ4n) is 2.66. The van der Waals surface area contributed by atoms with Crippen LogP contribution in [-0.4, -0.2) is 39.4 Å². The third-order valence-electron chi connectivity index (χ3n) is 3.96. The van der Waals surface area contributed by atoms with Crippen LogP contribution in [0.4, 0.5) is 10.5 Å². The highest BCUT2D eigenvalue weighted by Crippen LogP contribution is 2.38. The van der Waals surface area contributed by atoms with Gasteiger partial charge in [0.2, 0.25) is 5.75 Å². The average molecular weight is 401 g/mol. The number of hydrogen-bond donors (Lipinski definition) is 2. The minimum atomic E-state index is -0.954. The second-order valence-electron chi connectivity index (χ2n) is 5.86. The van der Waals surface area contributed by atoms with Crippen molar-refractivity contribution in [1.82, 2.24) is 10.2 Å². The first-order valence-corrected chi connectivity index (χ1v) is 8.37. The van der Waals surface area contributed by atoms with E-state index < -0.39 is 39.8 Å². The highest BCUT2D eigenvalue weighted by Gasteiger charge is 2.36. The van der Waals surface area contributed by atoms with Crippen LogP contribution >= 0.6 is 0 Å². The number of ether oxygens (including phenoxy) is 1. The van der Waals surface area contributed by atoms with Gasteiger partial charge in [-0.05, 0) is 36.8 Å². The monoisotopic (exact) mass is 401 g/mol. The molecule has 0 aliphatic carbocycles. The van der Waals surface area contributed by atoms with E-state index >= 15 is 0 Å². The van der Waals surface area contributed by atoms with Gasteiger partial charge in [-0.2, -0.15) is 0 Å². The Hall–Kier alpha value is -4.15. The summed E-state index contributed by atoms with van der Waals surface area (Å²) in [4.78, 5) is 48.0. The summed E-state index contributed by atoms with van der Waals surface area (Å²) in [6.07, 6.45) is 2.45. The number of urea groups is 1. The molecule has 150 valence electrons. The lowest BCUT2D eigenvalue weighted by Crippen LogP contribution is -2.53. The number of benzene rings is 1. The summed E-state index contributed by atoms with van der Waals surface area (Å²) in [5.41, 5.74) is -1.02. The van der Waals surface area contributed by atoms with Crippen molar-refractivity contribution < 1.29 is 33.6 Å². The Morgan fingerprint density at radius 2 is 2.10 bits per heavy atom. The van der Waals surface area contributed by atoms with Gasteiger partial charge in [-0.1, -0.05) is 0 Å². The van der Waals surface area contributed by atoms with Crippen molar-refractivity contribution in [3.63, 3.8) is 0 Å². The standard InChI is InChI=1S/C18H15N3O8/c1-2-28-14-8-10(7-13(15(14)22)21(26)27)6-12-16(23)19-18(25)20(17(12)24)9-11-4-3-5-29-11/h3-8,22H,2,9H2,1H3,(H,19,23,25)/b12-6+. The Balaban J connectivity index is 2.01. The first-order valence-electron chi connectivity index (χ1n) is 8.37. The van der Waals surface area contributed by atoms with Crippen molar-refractivity contribution in [2.45, 2.75) is 13.5 Å². The number of barbiturate groups is 1. The number of nitro benzene ring substituents is 1. The molecule has 11 heteroatoms. The Labute approximate surface area is 163 Å². The van der Waals surface area contributed by atoms with E-state index in [4.69, 9.17) is 9.15 Å². The summed E-state index contributed by atoms with van der Waals surface area (Å²) < 4.78 is 10.3. The van der Waals surface area contributed by atoms with Crippen LogP contribution in [0.2, 0.25) is 0 Å². The smallest absolute Gasteiger partial charge is 0.331 e. The molecule has 2 N–H and O–H groups in total. The molecule has 1 aliphatic rings. The van der Waals surface area contributed by atoms with Gasteiger partial charge in [0.1, 0.15) is 11.3 Å². The third-order valence-corrected chi connectivity index (χ3v) is 3.96. The van der Waals surface area contributed by atoms with Crippen LogP contribution in [0.3, 0.4) is 0 Å². The summed E-state index contributed by atoms with van der Waals surface area (Å²) in [5, 5.41) is 23.2. The van der Waals surface area contributed by atoms with Crippen molar-refractivity contribution in [3.05, 3.63) is 57.5 Å². The Bertz CT molecular complexity index is 1030. The second-order valence-corrected chi connectivity index (χ2v) is 5.86. The van der Waals surface area contributed by atoms with E-state index in [-0.39, 0.29) is 24.5 Å². The molecular weight excluding hydrogens is 386 g/mol. The SMILES string of the molecule is CCOc1cc(/C=C2\C(=O)NC(=O)N(Cc3ccco3)C2=O)cc([N+](=O)[O-])c1O. The third kappa shape index (κ3) is 3.93. The second kappa shape index (κ2) is 7.84. The van der Waals surface area contributed by atoms with Gasteiger partial charge < -0.3 is 14.3 Å². The van der Waals surface area contributed by atoms with Gasteiger partial charge in [-0.15, -0.1) is 0 Å². The minimum Gasteiger partial charge on any atom is -0.500 e. The number of carbonyl (C=O) groups excluding carboxylic acids is 3. The maximum Gasteiger partial charge on any atom is 0.331 e. The van der Waals surface area contributed by atoms with E-state index in [0.717, 1.165) is 17.0 Å². The van der Waals surface area contributed by atoms with E-state index in [1.165, 1.54) is 12.3 Å². The van der Waals surface area contributed by atoms with Crippen molar-refractivity contribution in [2.24, 2.45) is 0 Å². The van der Waals surface area contributed by atoms with Crippen LogP contribution in [0.5, 0.6) is 11.5 Å². The molecule has 0 saturated carbocycles. The molecule has 2 aromatic rings. The number of furan rings is 1. The number of nitrogens with one attached hydrogen (secondary N) is 1. The number of rotatable bonds is 6. The fourth-order valence-corrected chi connectivity index (χ4v) is 2.66. The van der Waals surface area contributed by atoms with Crippen molar-refractivity contribution >= 4 is 29.6 Å². The molecule has 1 fully saturated rings. The minimum absolute atomic E-state index is 0.0590. The maximum absolute atomic E-state index is 12.7. The molecule has 0 bridgehead atoms. The largest absolute Gasteiger partial charge is 0.500 e. The van der Waals surface area contributed by atoms with E-state index in [9.17, 15) is 29.6 Å². The Morgan fingerprint density at radius 1 is 1.34 bits per heavy atom. The molecule has 1 aromatic heterocycles. The number of carbonyl (C=O) groups is 3. The molecule has 0 spiro atoms. The summed E-state index contributed by atoms with van der Waals surface area (Å²) in [7, 11) is 0. The molecule has 29 heavy (non-hydrogen) atoms. The summed E-state index contributed by atoms with van der Waals surface area (Å²) in [6, 6.07) is 4.44. The van der Waals surface area contributed by atoms with Crippen molar-refractivity contribution in [1.29, 1.82) is 0 Å². The predicted molar refractivity (Wildman–Crippen MR) is 96.7 cm³/mol. The molecule has 0 unspecified atom stereocenters. The molecule has 1 aromatic carbocycles. The normalized spacial score (nSPS) is 15.6. The average Bonchev–Trinajstić information content (AvgIpc) is 3.17. The molecular formula is C18H15N3O8. The predicted octanol–water partition coefficient (Wildman–Crippen LogP) is 1.95. The van der Waals surface area contributed by atoms with Crippen LogP contribution in [0.25, 0.3) is 6.08 Å². The molecule has 2 heterocycles. The highest BCUT2D eigenvalue weighted by atomic mass is 16.6. The van der Waals surface area contributed by atoms with Gasteiger partial charge in [0.05, 0.1) is 24.3 Å². The van der Waals surface area contributed by atoms with E-state index in [2.05, 4.69) is 0 Å².